The second-order valence-corrected chi connectivity index (χ2v) is 7.36. The summed E-state index contributed by atoms with van der Waals surface area (Å²) in [6, 6.07) is 5.29. The van der Waals surface area contributed by atoms with E-state index in [-0.39, 0.29) is 11.4 Å². The van der Waals surface area contributed by atoms with Gasteiger partial charge in [0.2, 0.25) is 0 Å². The Morgan fingerprint density at radius 2 is 2.00 bits per heavy atom. The number of hydrogen-bond donors (Lipinski definition) is 2. The van der Waals surface area contributed by atoms with Gasteiger partial charge in [-0.2, -0.15) is 0 Å². The van der Waals surface area contributed by atoms with E-state index < -0.39 is 6.29 Å². The molecule has 1 unspecified atom stereocenters. The molecule has 2 aromatic rings. The van der Waals surface area contributed by atoms with E-state index in [1.807, 2.05) is 33.8 Å². The van der Waals surface area contributed by atoms with Crippen molar-refractivity contribution in [2.75, 3.05) is 7.11 Å². The minimum absolute atomic E-state index is 0.360. The summed E-state index contributed by atoms with van der Waals surface area (Å²) in [6.07, 6.45) is -1.07. The highest BCUT2D eigenvalue weighted by atomic mass is 35.5. The van der Waals surface area contributed by atoms with E-state index in [4.69, 9.17) is 21.1 Å². The Balaban J connectivity index is 2.31. The molecule has 130 valence electrons. The van der Waals surface area contributed by atoms with Crippen LogP contribution in [0.5, 0.6) is 5.75 Å². The number of methoxy groups -OCH3 is 1. The van der Waals surface area contributed by atoms with Crippen LogP contribution in [0.25, 0.3) is 10.9 Å². The first-order valence-corrected chi connectivity index (χ1v) is 8.24. The van der Waals surface area contributed by atoms with Crippen LogP contribution in [-0.4, -0.2) is 29.8 Å². The van der Waals surface area contributed by atoms with Crippen molar-refractivity contribution < 1.29 is 14.3 Å². The molecule has 0 fully saturated rings. The first-order valence-electron chi connectivity index (χ1n) is 7.42. The van der Waals surface area contributed by atoms with Crippen LogP contribution in [0.2, 0.25) is 5.02 Å². The van der Waals surface area contributed by atoms with Gasteiger partial charge in [0.05, 0.1) is 15.6 Å². The summed E-state index contributed by atoms with van der Waals surface area (Å²) in [6.45, 7) is 7.56. The maximum absolute atomic E-state index is 12.2. The third kappa shape index (κ3) is 4.53. The standard InChI is InChI=1S/C17H21ClN2O3S/c1-9-6-10-7-11(8-12(18)13(10)19-15(9)24)23-16(22-5)14(21)20-17(2,3)4/h6-8,16H,1-5H3,(H,19,24)(H,20,21). The normalized spacial score (nSPS) is 13.0. The van der Waals surface area contributed by atoms with Gasteiger partial charge in [0.1, 0.15) is 5.75 Å². The van der Waals surface area contributed by atoms with Crippen LogP contribution in [0.1, 0.15) is 26.3 Å². The topological polar surface area (TPSA) is 60.5 Å². The summed E-state index contributed by atoms with van der Waals surface area (Å²) in [5.74, 6) is 0.0674. The third-order valence-electron chi connectivity index (χ3n) is 3.18. The molecule has 1 N–H and O–H groups in total. The predicted octanol–water partition coefficient (Wildman–Crippen LogP) is 3.75. The number of hydrogen-bond acceptors (Lipinski definition) is 5. The fraction of sp³-hybridized carbons (Fsp3) is 0.412. The lowest BCUT2D eigenvalue weighted by atomic mass is 10.1. The molecule has 5 nitrogen and oxygen atoms in total. The average molecular weight is 369 g/mol. The largest absolute Gasteiger partial charge is 0.455 e. The fourth-order valence-corrected chi connectivity index (χ4v) is 2.57. The maximum atomic E-state index is 12.2. The second-order valence-electron chi connectivity index (χ2n) is 6.53. The first kappa shape index (κ1) is 18.8. The molecule has 0 aliphatic rings. The van der Waals surface area contributed by atoms with E-state index in [0.717, 1.165) is 10.9 Å². The highest BCUT2D eigenvalue weighted by Crippen LogP contribution is 2.30. The van der Waals surface area contributed by atoms with E-state index in [0.29, 0.717) is 21.3 Å². The first-order chi connectivity index (χ1) is 11.1. The molecule has 1 atom stereocenters. The van der Waals surface area contributed by atoms with Gasteiger partial charge in [-0.25, -0.2) is 4.98 Å². The highest BCUT2D eigenvalue weighted by Gasteiger charge is 2.24. The van der Waals surface area contributed by atoms with Gasteiger partial charge in [-0.15, -0.1) is 12.6 Å². The van der Waals surface area contributed by atoms with Crippen molar-refractivity contribution in [3.05, 3.63) is 28.8 Å². The van der Waals surface area contributed by atoms with Gasteiger partial charge in [0.25, 0.3) is 12.2 Å². The van der Waals surface area contributed by atoms with Crippen molar-refractivity contribution >= 4 is 41.0 Å². The van der Waals surface area contributed by atoms with E-state index in [2.05, 4.69) is 22.9 Å². The molecule has 0 aliphatic carbocycles. The quantitative estimate of drug-likeness (QED) is 0.637. The zero-order valence-corrected chi connectivity index (χ0v) is 16.0. The number of aromatic nitrogens is 1. The predicted molar refractivity (Wildman–Crippen MR) is 98.1 cm³/mol. The summed E-state index contributed by atoms with van der Waals surface area (Å²) < 4.78 is 10.8. The Morgan fingerprint density at radius 3 is 2.58 bits per heavy atom. The summed E-state index contributed by atoms with van der Waals surface area (Å²) >= 11 is 10.6. The van der Waals surface area contributed by atoms with Crippen LogP contribution in [0.4, 0.5) is 0 Å². The van der Waals surface area contributed by atoms with E-state index in [1.165, 1.54) is 7.11 Å². The average Bonchev–Trinajstić information content (AvgIpc) is 2.45. The number of carbonyl (C=O) groups excluding carboxylic acids is 1. The number of nitrogens with one attached hydrogen (secondary N) is 1. The van der Waals surface area contributed by atoms with Crippen LogP contribution in [0.15, 0.2) is 23.2 Å². The Morgan fingerprint density at radius 1 is 1.33 bits per heavy atom. The Bertz CT molecular complexity index is 775. The van der Waals surface area contributed by atoms with Crippen LogP contribution >= 0.6 is 24.2 Å². The Hall–Kier alpha value is -1.50. The monoisotopic (exact) mass is 368 g/mol. The molecule has 7 heteroatoms. The molecule has 0 bridgehead atoms. The number of benzene rings is 1. The molecule has 1 aromatic heterocycles. The molecule has 0 saturated carbocycles. The minimum atomic E-state index is -1.07. The molecule has 1 heterocycles. The van der Waals surface area contributed by atoms with Crippen LogP contribution in [0.3, 0.4) is 0 Å². The van der Waals surface area contributed by atoms with Crippen molar-refractivity contribution in [2.24, 2.45) is 0 Å². The summed E-state index contributed by atoms with van der Waals surface area (Å²) in [4.78, 5) is 16.6. The third-order valence-corrected chi connectivity index (χ3v) is 3.92. The zero-order valence-electron chi connectivity index (χ0n) is 14.3. The lowest BCUT2D eigenvalue weighted by Gasteiger charge is -2.24. The van der Waals surface area contributed by atoms with Crippen LogP contribution < -0.4 is 10.1 Å². The molecule has 1 aromatic carbocycles. The van der Waals surface area contributed by atoms with Gasteiger partial charge >= 0.3 is 0 Å². The van der Waals surface area contributed by atoms with Crippen LogP contribution in [0, 0.1) is 6.92 Å². The summed E-state index contributed by atoms with van der Waals surface area (Å²) in [5, 5.41) is 4.66. The van der Waals surface area contributed by atoms with Gasteiger partial charge < -0.3 is 14.8 Å². The Labute approximate surface area is 152 Å². The number of fused-ring (bicyclic) bond motifs is 1. The van der Waals surface area contributed by atoms with Crippen LogP contribution in [-0.2, 0) is 9.53 Å². The molecule has 0 spiro atoms. The lowest BCUT2D eigenvalue weighted by molar-refractivity contribution is -0.149. The van der Waals surface area contributed by atoms with Crippen molar-refractivity contribution in [3.63, 3.8) is 0 Å². The maximum Gasteiger partial charge on any atom is 0.290 e. The van der Waals surface area contributed by atoms with Gasteiger partial charge in [0, 0.05) is 24.1 Å². The number of rotatable bonds is 4. The van der Waals surface area contributed by atoms with E-state index in [9.17, 15) is 4.79 Å². The highest BCUT2D eigenvalue weighted by molar-refractivity contribution is 7.80. The lowest BCUT2D eigenvalue weighted by Crippen LogP contribution is -2.48. The van der Waals surface area contributed by atoms with Gasteiger partial charge in [0.15, 0.2) is 0 Å². The summed E-state index contributed by atoms with van der Waals surface area (Å²) in [5.41, 5.74) is 1.17. The van der Waals surface area contributed by atoms with Crippen molar-refractivity contribution in [2.45, 2.75) is 44.5 Å². The summed E-state index contributed by atoms with van der Waals surface area (Å²) in [7, 11) is 1.41. The number of thiol groups is 1. The van der Waals surface area contributed by atoms with Crippen molar-refractivity contribution in [3.8, 4) is 5.75 Å². The molecular weight excluding hydrogens is 348 g/mol. The molecule has 24 heavy (non-hydrogen) atoms. The zero-order chi connectivity index (χ0) is 18.1. The molecular formula is C17H21ClN2O3S. The number of pyridine rings is 1. The number of nitrogens with zero attached hydrogens (tertiary/aromatic N) is 1. The smallest absolute Gasteiger partial charge is 0.290 e. The van der Waals surface area contributed by atoms with Gasteiger partial charge in [-0.1, -0.05) is 11.6 Å². The van der Waals surface area contributed by atoms with Gasteiger partial charge in [-0.3, -0.25) is 4.79 Å². The van der Waals surface area contributed by atoms with Gasteiger partial charge in [-0.05, 0) is 45.4 Å². The van der Waals surface area contributed by atoms with E-state index >= 15 is 0 Å². The number of carbonyl (C=O) groups is 1. The molecule has 0 radical (unpaired) electrons. The molecule has 1 amide bonds. The van der Waals surface area contributed by atoms with Crippen molar-refractivity contribution in [1.29, 1.82) is 0 Å². The minimum Gasteiger partial charge on any atom is -0.455 e. The fourth-order valence-electron chi connectivity index (χ4n) is 2.14. The second kappa shape index (κ2) is 7.17. The number of amides is 1. The molecule has 0 aliphatic heterocycles. The Kier molecular flexibility index (Phi) is 5.63. The number of aryl methyl sites for hydroxylation is 1. The molecule has 0 saturated heterocycles. The molecule has 2 rings (SSSR count). The van der Waals surface area contributed by atoms with E-state index in [1.54, 1.807) is 12.1 Å². The number of halogens is 1. The number of ether oxygens (including phenoxy) is 2. The van der Waals surface area contributed by atoms with Crippen molar-refractivity contribution in [1.82, 2.24) is 10.3 Å². The SMILES string of the molecule is COC(Oc1cc(Cl)c2nc(S)c(C)cc2c1)C(=O)NC(C)(C)C.